The third-order valence-corrected chi connectivity index (χ3v) is 2.34. The first-order chi connectivity index (χ1) is 7.25. The highest BCUT2D eigenvalue weighted by Gasteiger charge is 2.08. The van der Waals surface area contributed by atoms with Gasteiger partial charge in [0.15, 0.2) is 0 Å². The number of alkyl halides is 1. The van der Waals surface area contributed by atoms with Crippen LogP contribution in [0.4, 0.5) is 0 Å². The number of carbonyl (C=O) groups is 1. The van der Waals surface area contributed by atoms with Crippen LogP contribution < -0.4 is 0 Å². The van der Waals surface area contributed by atoms with Gasteiger partial charge in [-0.05, 0) is 18.6 Å². The fraction of sp³-hybridized carbons (Fsp3) is 0.364. The predicted molar refractivity (Wildman–Crippen MR) is 66.3 cm³/mol. The number of ether oxygens (including phenoxy) is 2. The van der Waals surface area contributed by atoms with E-state index in [9.17, 15) is 4.79 Å². The van der Waals surface area contributed by atoms with Gasteiger partial charge >= 0.3 is 5.97 Å². The lowest BCUT2D eigenvalue weighted by atomic mass is 10.1. The number of esters is 1. The molecule has 0 aliphatic carbocycles. The molecule has 1 aromatic carbocycles. The van der Waals surface area contributed by atoms with Gasteiger partial charge in [0, 0.05) is 0 Å². The molecule has 82 valence electrons. The molecule has 0 fully saturated rings. The summed E-state index contributed by atoms with van der Waals surface area (Å²) in [4.78, 5) is 11.5. The van der Waals surface area contributed by atoms with E-state index in [2.05, 4.69) is 22.6 Å². The molecule has 1 aromatic rings. The van der Waals surface area contributed by atoms with Crippen LogP contribution in [-0.2, 0) is 9.47 Å². The van der Waals surface area contributed by atoms with Crippen molar-refractivity contribution in [3.05, 3.63) is 35.4 Å². The lowest BCUT2D eigenvalue weighted by molar-refractivity contribution is 0.0381. The Bertz CT molecular complexity index is 325. The fourth-order valence-electron chi connectivity index (χ4n) is 1.13. The van der Waals surface area contributed by atoms with E-state index in [1.165, 1.54) is 0 Å². The summed E-state index contributed by atoms with van der Waals surface area (Å²) in [6, 6.07) is 7.37. The SMILES string of the molecule is Cc1ccccc1C(=O)OCCOCI. The van der Waals surface area contributed by atoms with Gasteiger partial charge < -0.3 is 9.47 Å². The lowest BCUT2D eigenvalue weighted by Gasteiger charge is -2.06. The summed E-state index contributed by atoms with van der Waals surface area (Å²) in [5, 5.41) is 0. The van der Waals surface area contributed by atoms with Crippen molar-refractivity contribution in [2.45, 2.75) is 6.92 Å². The van der Waals surface area contributed by atoms with Gasteiger partial charge in [0.25, 0.3) is 0 Å². The Labute approximate surface area is 103 Å². The van der Waals surface area contributed by atoms with Crippen LogP contribution in [0.25, 0.3) is 0 Å². The minimum absolute atomic E-state index is 0.287. The number of benzene rings is 1. The average Bonchev–Trinajstić information content (AvgIpc) is 2.25. The molecule has 0 spiro atoms. The first-order valence-corrected chi connectivity index (χ1v) is 6.14. The molecule has 0 N–H and O–H groups in total. The molecule has 0 bridgehead atoms. The van der Waals surface area contributed by atoms with Crippen molar-refractivity contribution in [3.63, 3.8) is 0 Å². The van der Waals surface area contributed by atoms with Gasteiger partial charge in [-0.1, -0.05) is 40.8 Å². The summed E-state index contributed by atoms with van der Waals surface area (Å²) in [7, 11) is 0. The molecule has 3 nitrogen and oxygen atoms in total. The number of rotatable bonds is 5. The zero-order valence-electron chi connectivity index (χ0n) is 8.53. The van der Waals surface area contributed by atoms with Gasteiger partial charge in [-0.3, -0.25) is 0 Å². The van der Waals surface area contributed by atoms with Crippen LogP contribution in [0, 0.1) is 6.92 Å². The van der Waals surface area contributed by atoms with Crippen molar-refractivity contribution in [1.82, 2.24) is 0 Å². The number of halogens is 1. The van der Waals surface area contributed by atoms with Gasteiger partial charge in [0.2, 0.25) is 0 Å². The third-order valence-electron chi connectivity index (χ3n) is 1.90. The van der Waals surface area contributed by atoms with E-state index in [0.717, 1.165) is 5.56 Å². The van der Waals surface area contributed by atoms with Gasteiger partial charge in [0.05, 0.1) is 16.8 Å². The summed E-state index contributed by atoms with van der Waals surface area (Å²) in [6.45, 7) is 2.63. The second kappa shape index (κ2) is 6.79. The minimum Gasteiger partial charge on any atom is -0.460 e. The molecule has 0 radical (unpaired) electrons. The van der Waals surface area contributed by atoms with Crippen molar-refractivity contribution >= 4 is 28.6 Å². The van der Waals surface area contributed by atoms with Crippen LogP contribution in [0.1, 0.15) is 15.9 Å². The van der Waals surface area contributed by atoms with E-state index < -0.39 is 0 Å². The predicted octanol–water partition coefficient (Wildman–Crippen LogP) is 2.56. The Hall–Kier alpha value is -0.620. The van der Waals surface area contributed by atoms with E-state index in [-0.39, 0.29) is 5.97 Å². The maximum Gasteiger partial charge on any atom is 0.338 e. The van der Waals surface area contributed by atoms with Crippen molar-refractivity contribution in [2.75, 3.05) is 17.8 Å². The van der Waals surface area contributed by atoms with Crippen LogP contribution in [0.5, 0.6) is 0 Å². The minimum atomic E-state index is -0.287. The van der Waals surface area contributed by atoms with Gasteiger partial charge in [-0.25, -0.2) is 4.79 Å². The van der Waals surface area contributed by atoms with Gasteiger partial charge in [0.1, 0.15) is 6.61 Å². The van der Waals surface area contributed by atoms with Crippen LogP contribution in [0.2, 0.25) is 0 Å². The van der Waals surface area contributed by atoms with Crippen LogP contribution >= 0.6 is 22.6 Å². The molecular weight excluding hydrogens is 307 g/mol. The highest BCUT2D eigenvalue weighted by atomic mass is 127. The molecule has 0 heterocycles. The molecule has 0 saturated heterocycles. The summed E-state index contributed by atoms with van der Waals surface area (Å²) in [5.41, 5.74) is 1.55. The summed E-state index contributed by atoms with van der Waals surface area (Å²) < 4.78 is 10.7. The highest BCUT2D eigenvalue weighted by molar-refractivity contribution is 14.1. The highest BCUT2D eigenvalue weighted by Crippen LogP contribution is 2.08. The number of carbonyl (C=O) groups excluding carboxylic acids is 1. The first-order valence-electron chi connectivity index (χ1n) is 4.62. The molecule has 0 aliphatic rings. The normalized spacial score (nSPS) is 10.0. The van der Waals surface area contributed by atoms with Crippen LogP contribution in [-0.4, -0.2) is 23.8 Å². The molecule has 0 amide bonds. The zero-order chi connectivity index (χ0) is 11.1. The molecular formula is C11H13IO3. The summed E-state index contributed by atoms with van der Waals surface area (Å²) >= 11 is 2.10. The summed E-state index contributed by atoms with van der Waals surface area (Å²) in [5.74, 6) is -0.287. The molecule has 0 saturated carbocycles. The third kappa shape index (κ3) is 4.17. The fourth-order valence-corrected chi connectivity index (χ4v) is 1.44. The first kappa shape index (κ1) is 12.4. The Morgan fingerprint density at radius 2 is 2.07 bits per heavy atom. The van der Waals surface area contributed by atoms with Crippen molar-refractivity contribution in [1.29, 1.82) is 0 Å². The topological polar surface area (TPSA) is 35.5 Å². The Balaban J connectivity index is 2.44. The Morgan fingerprint density at radius 1 is 1.33 bits per heavy atom. The number of hydrogen-bond donors (Lipinski definition) is 0. The standard InChI is InChI=1S/C11H13IO3/c1-9-4-2-3-5-10(9)11(13)15-7-6-14-8-12/h2-5H,6-8H2,1H3. The smallest absolute Gasteiger partial charge is 0.338 e. The molecule has 0 unspecified atom stereocenters. The zero-order valence-corrected chi connectivity index (χ0v) is 10.7. The van der Waals surface area contributed by atoms with E-state index >= 15 is 0 Å². The summed E-state index contributed by atoms with van der Waals surface area (Å²) in [6.07, 6.45) is 0. The van der Waals surface area contributed by atoms with Crippen molar-refractivity contribution in [3.8, 4) is 0 Å². The quantitative estimate of drug-likeness (QED) is 0.362. The Kier molecular flexibility index (Phi) is 5.63. The number of aryl methyl sites for hydroxylation is 1. The lowest BCUT2D eigenvalue weighted by Crippen LogP contribution is -2.11. The molecule has 0 aliphatic heterocycles. The Morgan fingerprint density at radius 3 is 2.73 bits per heavy atom. The van der Waals surface area contributed by atoms with Crippen LogP contribution in [0.15, 0.2) is 24.3 Å². The van der Waals surface area contributed by atoms with E-state index in [1.54, 1.807) is 6.07 Å². The van der Waals surface area contributed by atoms with E-state index in [1.807, 2.05) is 25.1 Å². The monoisotopic (exact) mass is 320 g/mol. The largest absolute Gasteiger partial charge is 0.460 e. The molecule has 0 atom stereocenters. The maximum absolute atomic E-state index is 11.5. The van der Waals surface area contributed by atoms with Gasteiger partial charge in [-0.2, -0.15) is 0 Å². The van der Waals surface area contributed by atoms with Crippen molar-refractivity contribution < 1.29 is 14.3 Å². The maximum atomic E-state index is 11.5. The molecule has 15 heavy (non-hydrogen) atoms. The second-order valence-corrected chi connectivity index (χ2v) is 3.59. The molecule has 0 aromatic heterocycles. The molecule has 1 rings (SSSR count). The number of hydrogen-bond acceptors (Lipinski definition) is 3. The van der Waals surface area contributed by atoms with Crippen LogP contribution in [0.3, 0.4) is 0 Å². The molecule has 4 heteroatoms. The van der Waals surface area contributed by atoms with Gasteiger partial charge in [-0.15, -0.1) is 0 Å². The van der Waals surface area contributed by atoms with Crippen molar-refractivity contribution in [2.24, 2.45) is 0 Å². The van der Waals surface area contributed by atoms with E-state index in [0.29, 0.717) is 23.4 Å². The second-order valence-electron chi connectivity index (χ2n) is 2.97. The average molecular weight is 320 g/mol. The van der Waals surface area contributed by atoms with E-state index in [4.69, 9.17) is 9.47 Å².